The first-order valence-electron chi connectivity index (χ1n) is 5.20. The Bertz CT molecular complexity index is 477. The van der Waals surface area contributed by atoms with Crippen molar-refractivity contribution in [2.75, 3.05) is 37.0 Å². The molecule has 1 heterocycles. The molecule has 1 aromatic rings. The van der Waals surface area contributed by atoms with Gasteiger partial charge < -0.3 is 21.3 Å². The Morgan fingerprint density at radius 2 is 1.53 bits per heavy atom. The number of halogens is 1. The lowest BCUT2D eigenvalue weighted by Crippen LogP contribution is -2.40. The number of aromatic nitrogens is 3. The molecule has 0 fully saturated rings. The molecule has 0 saturated carbocycles. The molecule has 1 aromatic heterocycles. The summed E-state index contributed by atoms with van der Waals surface area (Å²) < 4.78 is 0. The molecular formula is C9H14ClN7O2. The molecule has 4 N–H and O–H groups in total. The number of anilines is 2. The largest absolute Gasteiger partial charge is 0.368 e. The number of nitrogens with zero attached hydrogens (tertiary/aromatic N) is 5. The fourth-order valence-electron chi connectivity index (χ4n) is 1.24. The number of nitrogens with two attached hydrogens (primary N) is 2. The third-order valence-electron chi connectivity index (χ3n) is 1.96. The van der Waals surface area contributed by atoms with E-state index < -0.39 is 11.8 Å². The number of hydrogen-bond acceptors (Lipinski definition) is 7. The van der Waals surface area contributed by atoms with Crippen molar-refractivity contribution in [2.45, 2.75) is 0 Å². The molecule has 19 heavy (non-hydrogen) atoms. The van der Waals surface area contributed by atoms with Crippen LogP contribution in [-0.2, 0) is 9.59 Å². The topological polar surface area (TPSA) is 131 Å². The number of hydrogen-bond donors (Lipinski definition) is 2. The van der Waals surface area contributed by atoms with Crippen LogP contribution >= 0.6 is 11.6 Å². The van der Waals surface area contributed by atoms with Crippen molar-refractivity contribution >= 4 is 35.3 Å². The average molecular weight is 288 g/mol. The number of carbonyl (C=O) groups is 2. The minimum atomic E-state index is -0.649. The summed E-state index contributed by atoms with van der Waals surface area (Å²) in [4.78, 5) is 36.6. The summed E-state index contributed by atoms with van der Waals surface area (Å²) in [5.74, 6) is -0.955. The summed E-state index contributed by atoms with van der Waals surface area (Å²) in [5.41, 5.74) is 10.2. The average Bonchev–Trinajstić information content (AvgIpc) is 2.25. The Hall–Kier alpha value is -2.16. The van der Waals surface area contributed by atoms with Crippen molar-refractivity contribution in [3.63, 3.8) is 0 Å². The van der Waals surface area contributed by atoms with E-state index in [0.717, 1.165) is 0 Å². The highest BCUT2D eigenvalue weighted by Crippen LogP contribution is 2.14. The highest BCUT2D eigenvalue weighted by molar-refractivity contribution is 6.28. The molecule has 2 amide bonds. The fraction of sp³-hybridized carbons (Fsp3) is 0.444. The van der Waals surface area contributed by atoms with E-state index in [1.807, 2.05) is 0 Å². The van der Waals surface area contributed by atoms with Gasteiger partial charge in [-0.1, -0.05) is 0 Å². The lowest BCUT2D eigenvalue weighted by Gasteiger charge is -2.20. The Morgan fingerprint density at radius 3 is 1.95 bits per heavy atom. The zero-order chi connectivity index (χ0) is 14.6. The second-order valence-corrected chi connectivity index (χ2v) is 4.23. The molecule has 9 nitrogen and oxygen atoms in total. The summed E-state index contributed by atoms with van der Waals surface area (Å²) in [7, 11) is 3.42. The molecule has 0 bridgehead atoms. The van der Waals surface area contributed by atoms with Gasteiger partial charge in [-0.05, 0) is 11.6 Å². The lowest BCUT2D eigenvalue weighted by molar-refractivity contribution is -0.117. The van der Waals surface area contributed by atoms with E-state index in [9.17, 15) is 9.59 Å². The third kappa shape index (κ3) is 4.54. The molecule has 0 unspecified atom stereocenters. The van der Waals surface area contributed by atoms with E-state index in [1.165, 1.54) is 4.90 Å². The van der Waals surface area contributed by atoms with Gasteiger partial charge in [0, 0.05) is 14.1 Å². The maximum Gasteiger partial charge on any atom is 0.237 e. The van der Waals surface area contributed by atoms with E-state index in [1.54, 1.807) is 19.0 Å². The molecular weight excluding hydrogens is 274 g/mol. The van der Waals surface area contributed by atoms with Gasteiger partial charge in [-0.25, -0.2) is 0 Å². The van der Waals surface area contributed by atoms with Crippen LogP contribution in [0.5, 0.6) is 0 Å². The van der Waals surface area contributed by atoms with Crippen LogP contribution in [0.3, 0.4) is 0 Å². The third-order valence-corrected chi connectivity index (χ3v) is 2.13. The Labute approximate surface area is 114 Å². The second-order valence-electron chi connectivity index (χ2n) is 3.89. The van der Waals surface area contributed by atoms with Crippen LogP contribution in [0, 0.1) is 0 Å². The normalized spacial score (nSPS) is 10.1. The van der Waals surface area contributed by atoms with Crippen LogP contribution in [-0.4, -0.2) is 54.0 Å². The summed E-state index contributed by atoms with van der Waals surface area (Å²) >= 11 is 5.76. The number of amides is 2. The minimum Gasteiger partial charge on any atom is -0.368 e. The standard InChI is InChI=1S/C9H14ClN7O2/c1-16(2)8-13-7(10)14-9(15-8)17(3-5(11)18)4-6(12)19/h3-4H2,1-2H3,(H2,11,18)(H2,12,19). The van der Waals surface area contributed by atoms with Crippen LogP contribution in [0.4, 0.5) is 11.9 Å². The molecule has 0 aliphatic heterocycles. The van der Waals surface area contributed by atoms with E-state index in [2.05, 4.69) is 15.0 Å². The predicted molar refractivity (Wildman–Crippen MR) is 69.8 cm³/mol. The molecule has 1 rings (SSSR count). The fourth-order valence-corrected chi connectivity index (χ4v) is 1.40. The first-order valence-corrected chi connectivity index (χ1v) is 5.58. The zero-order valence-electron chi connectivity index (χ0n) is 10.5. The van der Waals surface area contributed by atoms with Crippen LogP contribution in [0.2, 0.25) is 5.28 Å². The smallest absolute Gasteiger partial charge is 0.237 e. The maximum atomic E-state index is 11.0. The van der Waals surface area contributed by atoms with Crippen molar-refractivity contribution in [1.82, 2.24) is 15.0 Å². The van der Waals surface area contributed by atoms with Crippen LogP contribution < -0.4 is 21.3 Å². The molecule has 104 valence electrons. The van der Waals surface area contributed by atoms with Gasteiger partial charge in [0.2, 0.25) is 29.0 Å². The van der Waals surface area contributed by atoms with Crippen molar-refractivity contribution < 1.29 is 9.59 Å². The van der Waals surface area contributed by atoms with E-state index in [4.69, 9.17) is 23.1 Å². The van der Waals surface area contributed by atoms with Gasteiger partial charge in [0.1, 0.15) is 13.1 Å². The van der Waals surface area contributed by atoms with Gasteiger partial charge in [0.25, 0.3) is 0 Å². The van der Waals surface area contributed by atoms with E-state index in [0.29, 0.717) is 0 Å². The summed E-state index contributed by atoms with van der Waals surface area (Å²) in [5, 5.41) is -0.0624. The lowest BCUT2D eigenvalue weighted by atomic mass is 10.4. The Morgan fingerprint density at radius 1 is 1.05 bits per heavy atom. The van der Waals surface area contributed by atoms with Gasteiger partial charge in [-0.2, -0.15) is 15.0 Å². The van der Waals surface area contributed by atoms with Gasteiger partial charge in [0.05, 0.1) is 0 Å². The van der Waals surface area contributed by atoms with Crippen LogP contribution in [0.1, 0.15) is 0 Å². The monoisotopic (exact) mass is 287 g/mol. The Balaban J connectivity index is 3.13. The molecule has 0 aliphatic carbocycles. The first-order chi connectivity index (χ1) is 8.79. The van der Waals surface area contributed by atoms with Crippen molar-refractivity contribution in [1.29, 1.82) is 0 Å². The van der Waals surface area contributed by atoms with Crippen LogP contribution in [0.25, 0.3) is 0 Å². The highest BCUT2D eigenvalue weighted by atomic mass is 35.5. The van der Waals surface area contributed by atoms with E-state index in [-0.39, 0.29) is 30.3 Å². The highest BCUT2D eigenvalue weighted by Gasteiger charge is 2.17. The zero-order valence-corrected chi connectivity index (χ0v) is 11.3. The predicted octanol–water partition coefficient (Wildman–Crippen LogP) is -1.63. The summed E-state index contributed by atoms with van der Waals surface area (Å²) in [6.07, 6.45) is 0. The van der Waals surface area contributed by atoms with Crippen LogP contribution in [0.15, 0.2) is 0 Å². The molecule has 0 aromatic carbocycles. The minimum absolute atomic E-state index is 0.0568. The quantitative estimate of drug-likeness (QED) is 0.642. The van der Waals surface area contributed by atoms with Gasteiger partial charge in [-0.15, -0.1) is 0 Å². The molecule has 0 spiro atoms. The number of primary amides is 2. The molecule has 0 aliphatic rings. The van der Waals surface area contributed by atoms with Gasteiger partial charge in [-0.3, -0.25) is 9.59 Å². The first kappa shape index (κ1) is 14.9. The van der Waals surface area contributed by atoms with Crippen molar-refractivity contribution in [2.24, 2.45) is 11.5 Å². The SMILES string of the molecule is CN(C)c1nc(Cl)nc(N(CC(N)=O)CC(N)=O)n1. The summed E-state index contributed by atoms with van der Waals surface area (Å²) in [6, 6.07) is 0. The van der Waals surface area contributed by atoms with Crippen molar-refractivity contribution in [3.05, 3.63) is 5.28 Å². The molecule has 10 heteroatoms. The van der Waals surface area contributed by atoms with Gasteiger partial charge >= 0.3 is 0 Å². The number of rotatable bonds is 6. The molecule has 0 radical (unpaired) electrons. The Kier molecular flexibility index (Phi) is 4.81. The molecule has 0 atom stereocenters. The second kappa shape index (κ2) is 6.14. The van der Waals surface area contributed by atoms with Crippen molar-refractivity contribution in [3.8, 4) is 0 Å². The maximum absolute atomic E-state index is 11.0. The van der Waals surface area contributed by atoms with Gasteiger partial charge in [0.15, 0.2) is 0 Å². The molecule has 0 saturated heterocycles. The number of carbonyl (C=O) groups excluding carboxylic acids is 2. The summed E-state index contributed by atoms with van der Waals surface area (Å²) in [6.45, 7) is -0.508. The van der Waals surface area contributed by atoms with E-state index >= 15 is 0 Å².